The maximum atomic E-state index is 15.3. The molecule has 1 amide bonds. The minimum atomic E-state index is -0.694. The van der Waals surface area contributed by atoms with E-state index in [1.807, 2.05) is 6.92 Å². The maximum absolute atomic E-state index is 15.3. The molecule has 11 heteroatoms. The van der Waals surface area contributed by atoms with Gasteiger partial charge in [0.15, 0.2) is 11.9 Å². The van der Waals surface area contributed by atoms with Crippen LogP contribution in [-0.2, 0) is 14.2 Å². The summed E-state index contributed by atoms with van der Waals surface area (Å²) >= 11 is 0. The first-order chi connectivity index (χ1) is 16.5. The number of carbonyl (C=O) groups excluding carboxylic acids is 1. The van der Waals surface area contributed by atoms with Gasteiger partial charge < -0.3 is 30.0 Å². The third-order valence-corrected chi connectivity index (χ3v) is 6.01. The number of carbonyl (C=O) groups is 1. The van der Waals surface area contributed by atoms with Gasteiger partial charge in [-0.3, -0.25) is 5.32 Å². The zero-order valence-electron chi connectivity index (χ0n) is 18.7. The van der Waals surface area contributed by atoms with E-state index < -0.39 is 18.0 Å². The fourth-order valence-corrected chi connectivity index (χ4v) is 4.17. The van der Waals surface area contributed by atoms with Crippen molar-refractivity contribution in [1.29, 1.82) is 0 Å². The van der Waals surface area contributed by atoms with E-state index >= 15 is 4.39 Å². The van der Waals surface area contributed by atoms with Crippen LogP contribution >= 0.6 is 0 Å². The number of ether oxygens (including phenoxy) is 4. The molecule has 5 rings (SSSR count). The average molecular weight is 469 g/mol. The van der Waals surface area contributed by atoms with Crippen LogP contribution in [0.4, 0.5) is 26.4 Å². The Morgan fingerprint density at radius 3 is 2.88 bits per heavy atom. The molecule has 178 valence electrons. The molecule has 0 radical (unpaired) electrons. The second kappa shape index (κ2) is 8.92. The number of fused-ring (bicyclic) bond motifs is 2. The predicted octanol–water partition coefficient (Wildman–Crippen LogP) is 3.09. The number of methoxy groups -OCH3 is 1. The van der Waals surface area contributed by atoms with Crippen LogP contribution < -0.4 is 21.1 Å². The summed E-state index contributed by atoms with van der Waals surface area (Å²) in [6.07, 6.45) is 1.45. The lowest BCUT2D eigenvalue weighted by atomic mass is 9.97. The molecule has 4 N–H and O–H groups in total. The molecule has 10 nitrogen and oxygen atoms in total. The van der Waals surface area contributed by atoms with E-state index in [9.17, 15) is 4.79 Å². The highest BCUT2D eigenvalue weighted by atomic mass is 19.1. The summed E-state index contributed by atoms with van der Waals surface area (Å²) in [7, 11) is 1.53. The van der Waals surface area contributed by atoms with Crippen molar-refractivity contribution in [3.05, 3.63) is 35.9 Å². The number of nitrogens with zero attached hydrogens (tertiary/aromatic N) is 2. The summed E-state index contributed by atoms with van der Waals surface area (Å²) in [5, 5.41) is 6.87. The standard InChI is InChI=1S/C23H24FN5O5/c1-11-14(7-28-22-21(11)26-3-4-33-22)13-5-12-6-18(27-8-15(12)20(25)19(13)24)29-23(30)34-17-10-32-9-16(17)31-2/h5-8,16-17,26H,3-4,9-10,25H2,1-2H3,(H,27,29,30). The van der Waals surface area contributed by atoms with Crippen LogP contribution in [0, 0.1) is 12.7 Å². The van der Waals surface area contributed by atoms with Gasteiger partial charge in [-0.15, -0.1) is 0 Å². The first-order valence-corrected chi connectivity index (χ1v) is 10.8. The van der Waals surface area contributed by atoms with Gasteiger partial charge in [-0.25, -0.2) is 19.2 Å². The van der Waals surface area contributed by atoms with Crippen LogP contribution in [0.3, 0.4) is 0 Å². The van der Waals surface area contributed by atoms with Gasteiger partial charge >= 0.3 is 6.09 Å². The molecule has 2 aromatic heterocycles. The van der Waals surface area contributed by atoms with Gasteiger partial charge in [-0.05, 0) is 30.0 Å². The van der Waals surface area contributed by atoms with E-state index in [1.165, 1.54) is 13.3 Å². The number of anilines is 3. The lowest BCUT2D eigenvalue weighted by Gasteiger charge is -2.22. The van der Waals surface area contributed by atoms with Crippen molar-refractivity contribution in [2.45, 2.75) is 19.1 Å². The van der Waals surface area contributed by atoms with Gasteiger partial charge in [-0.2, -0.15) is 0 Å². The molecule has 0 bridgehead atoms. The van der Waals surface area contributed by atoms with E-state index in [2.05, 4.69) is 20.6 Å². The highest BCUT2D eigenvalue weighted by molar-refractivity contribution is 5.99. The van der Waals surface area contributed by atoms with Crippen LogP contribution in [0.2, 0.25) is 0 Å². The molecule has 1 saturated heterocycles. The molecule has 3 aromatic rings. The molecule has 34 heavy (non-hydrogen) atoms. The fraction of sp³-hybridized carbons (Fsp3) is 0.348. The first-order valence-electron chi connectivity index (χ1n) is 10.8. The van der Waals surface area contributed by atoms with Crippen LogP contribution in [-0.4, -0.2) is 61.7 Å². The lowest BCUT2D eigenvalue weighted by Crippen LogP contribution is -2.33. The van der Waals surface area contributed by atoms with Gasteiger partial charge in [0, 0.05) is 42.6 Å². The molecule has 2 unspecified atom stereocenters. The van der Waals surface area contributed by atoms with Crippen molar-refractivity contribution < 1.29 is 28.1 Å². The van der Waals surface area contributed by atoms with Gasteiger partial charge in [0.2, 0.25) is 5.88 Å². The molecule has 0 saturated carbocycles. The van der Waals surface area contributed by atoms with E-state index in [4.69, 9.17) is 24.7 Å². The molecular formula is C23H24FN5O5. The van der Waals surface area contributed by atoms with E-state index in [0.29, 0.717) is 42.0 Å². The number of hydrogen-bond donors (Lipinski definition) is 3. The number of nitrogen functional groups attached to an aromatic ring is 1. The number of hydrogen-bond acceptors (Lipinski definition) is 9. The van der Waals surface area contributed by atoms with Crippen LogP contribution in [0.15, 0.2) is 24.5 Å². The summed E-state index contributed by atoms with van der Waals surface area (Å²) in [5.74, 6) is 0.153. The Morgan fingerprint density at radius 1 is 1.24 bits per heavy atom. The number of aromatic nitrogens is 2. The Kier molecular flexibility index (Phi) is 5.80. The third kappa shape index (κ3) is 3.93. The van der Waals surface area contributed by atoms with Crippen LogP contribution in [0.1, 0.15) is 5.56 Å². The summed E-state index contributed by atoms with van der Waals surface area (Å²) < 4.78 is 36.8. The van der Waals surface area contributed by atoms with Crippen molar-refractivity contribution >= 4 is 34.1 Å². The van der Waals surface area contributed by atoms with E-state index in [1.54, 1.807) is 18.3 Å². The third-order valence-electron chi connectivity index (χ3n) is 6.01. The quantitative estimate of drug-likeness (QED) is 0.494. The Morgan fingerprint density at radius 2 is 2.06 bits per heavy atom. The zero-order chi connectivity index (χ0) is 23.8. The normalized spacial score (nSPS) is 19.3. The molecule has 4 heterocycles. The maximum Gasteiger partial charge on any atom is 0.413 e. The average Bonchev–Trinajstić information content (AvgIpc) is 3.29. The van der Waals surface area contributed by atoms with Gasteiger partial charge in [-0.1, -0.05) is 0 Å². The molecule has 2 aliphatic heterocycles. The monoisotopic (exact) mass is 469 g/mol. The molecule has 2 aliphatic rings. The molecule has 2 atom stereocenters. The van der Waals surface area contributed by atoms with Crippen molar-refractivity contribution in [2.24, 2.45) is 0 Å². The number of nitrogens with two attached hydrogens (primary N) is 1. The highest BCUT2D eigenvalue weighted by Crippen LogP contribution is 2.39. The topological polar surface area (TPSA) is 130 Å². The Balaban J connectivity index is 1.46. The Bertz CT molecular complexity index is 1270. The minimum absolute atomic E-state index is 0.0403. The SMILES string of the molecule is COC1COCC1OC(=O)Nc1cc2cc(-c3cnc4c(c3C)NCCO4)c(F)c(N)c2cn1. The number of nitrogens with one attached hydrogen (secondary N) is 2. The minimum Gasteiger partial charge on any atom is -0.474 e. The van der Waals surface area contributed by atoms with Crippen molar-refractivity contribution in [2.75, 3.05) is 49.8 Å². The number of rotatable bonds is 4. The first kappa shape index (κ1) is 22.1. The molecule has 0 spiro atoms. The fourth-order valence-electron chi connectivity index (χ4n) is 4.17. The number of halogens is 1. The second-order valence-corrected chi connectivity index (χ2v) is 8.08. The number of amides is 1. The molecule has 1 fully saturated rings. The predicted molar refractivity (Wildman–Crippen MR) is 124 cm³/mol. The van der Waals surface area contributed by atoms with Gasteiger partial charge in [0.25, 0.3) is 0 Å². The summed E-state index contributed by atoms with van der Waals surface area (Å²) in [5.41, 5.74) is 8.48. The molecular weight excluding hydrogens is 445 g/mol. The Labute approximate surface area is 194 Å². The molecule has 1 aromatic carbocycles. The number of pyridine rings is 2. The van der Waals surface area contributed by atoms with Crippen LogP contribution in [0.25, 0.3) is 21.9 Å². The largest absolute Gasteiger partial charge is 0.474 e. The second-order valence-electron chi connectivity index (χ2n) is 8.08. The summed E-state index contributed by atoms with van der Waals surface area (Å²) in [6, 6.07) is 3.27. The lowest BCUT2D eigenvalue weighted by molar-refractivity contribution is 0.0117. The molecule has 0 aliphatic carbocycles. The van der Waals surface area contributed by atoms with Crippen molar-refractivity contribution in [1.82, 2.24) is 9.97 Å². The van der Waals surface area contributed by atoms with Crippen LogP contribution in [0.5, 0.6) is 5.88 Å². The van der Waals surface area contributed by atoms with Gasteiger partial charge in [0.1, 0.15) is 24.2 Å². The van der Waals surface area contributed by atoms with Crippen molar-refractivity contribution in [3.8, 4) is 17.0 Å². The van der Waals surface area contributed by atoms with Gasteiger partial charge in [0.05, 0.1) is 18.9 Å². The Hall–Kier alpha value is -3.70. The van der Waals surface area contributed by atoms with E-state index in [0.717, 1.165) is 11.3 Å². The number of benzene rings is 1. The smallest absolute Gasteiger partial charge is 0.413 e. The van der Waals surface area contributed by atoms with Crippen molar-refractivity contribution in [3.63, 3.8) is 0 Å². The summed E-state index contributed by atoms with van der Waals surface area (Å²) in [4.78, 5) is 20.9. The van der Waals surface area contributed by atoms with E-state index in [-0.39, 0.29) is 29.8 Å². The highest BCUT2D eigenvalue weighted by Gasteiger charge is 2.31. The summed E-state index contributed by atoms with van der Waals surface area (Å²) in [6.45, 7) is 3.63. The zero-order valence-corrected chi connectivity index (χ0v) is 18.7.